The number of aryl methyl sites for hydroxylation is 2. The lowest BCUT2D eigenvalue weighted by molar-refractivity contribution is -0.115. The molecule has 1 aromatic heterocycles. The van der Waals surface area contributed by atoms with Crippen LogP contribution in [-0.4, -0.2) is 15.7 Å². The molecule has 0 aliphatic heterocycles. The number of benzene rings is 2. The van der Waals surface area contributed by atoms with Crippen molar-refractivity contribution >= 4 is 11.6 Å². The van der Waals surface area contributed by atoms with Gasteiger partial charge in [0.15, 0.2) is 0 Å². The highest BCUT2D eigenvalue weighted by Gasteiger charge is 2.20. The summed E-state index contributed by atoms with van der Waals surface area (Å²) in [5.74, 6) is -1.59. The molecule has 0 fully saturated rings. The molecule has 28 heavy (non-hydrogen) atoms. The molecule has 1 N–H and O–H groups in total. The summed E-state index contributed by atoms with van der Waals surface area (Å²) in [5, 5.41) is 6.24. The molecular formula is C20H17F4N3O. The van der Waals surface area contributed by atoms with Gasteiger partial charge in [0, 0.05) is 30.1 Å². The highest BCUT2D eigenvalue weighted by molar-refractivity contribution is 5.96. The Balaban J connectivity index is 1.88. The predicted molar refractivity (Wildman–Crippen MR) is 97.0 cm³/mol. The molecule has 3 aromatic rings. The smallest absolute Gasteiger partial charge is 0.282 e. The molecule has 1 amide bonds. The van der Waals surface area contributed by atoms with Crippen LogP contribution in [0, 0.1) is 18.6 Å². The number of hydrogen-bond donors (Lipinski definition) is 1. The summed E-state index contributed by atoms with van der Waals surface area (Å²) in [4.78, 5) is 12.4. The second kappa shape index (κ2) is 7.84. The Morgan fingerprint density at radius 2 is 1.93 bits per heavy atom. The van der Waals surface area contributed by atoms with Crippen LogP contribution in [0.4, 0.5) is 23.2 Å². The van der Waals surface area contributed by atoms with E-state index < -0.39 is 29.7 Å². The Morgan fingerprint density at radius 3 is 2.61 bits per heavy atom. The number of anilines is 1. The molecule has 0 aliphatic carbocycles. The van der Waals surface area contributed by atoms with Crippen LogP contribution in [0.25, 0.3) is 11.1 Å². The van der Waals surface area contributed by atoms with Crippen molar-refractivity contribution in [2.45, 2.75) is 19.8 Å². The van der Waals surface area contributed by atoms with Gasteiger partial charge in [0.2, 0.25) is 5.91 Å². The number of rotatable bonds is 5. The van der Waals surface area contributed by atoms with Crippen molar-refractivity contribution in [2.24, 2.45) is 7.05 Å². The van der Waals surface area contributed by atoms with Gasteiger partial charge in [-0.1, -0.05) is 12.1 Å². The molecule has 0 atom stereocenters. The maximum Gasteiger partial charge on any atom is 0.282 e. The van der Waals surface area contributed by atoms with E-state index in [9.17, 15) is 22.4 Å². The zero-order chi connectivity index (χ0) is 20.4. The molecular weight excluding hydrogens is 374 g/mol. The van der Waals surface area contributed by atoms with Crippen molar-refractivity contribution in [3.63, 3.8) is 0 Å². The zero-order valence-corrected chi connectivity index (χ0v) is 15.1. The molecule has 0 saturated carbocycles. The van der Waals surface area contributed by atoms with E-state index in [-0.39, 0.29) is 23.2 Å². The Bertz CT molecular complexity index is 1030. The highest BCUT2D eigenvalue weighted by Crippen LogP contribution is 2.30. The fourth-order valence-electron chi connectivity index (χ4n) is 2.87. The van der Waals surface area contributed by atoms with Crippen LogP contribution >= 0.6 is 0 Å². The summed E-state index contributed by atoms with van der Waals surface area (Å²) in [7, 11) is 1.48. The second-order valence-corrected chi connectivity index (χ2v) is 6.39. The number of hydrogen-bond acceptors (Lipinski definition) is 2. The number of amides is 1. The molecule has 146 valence electrons. The molecule has 0 unspecified atom stereocenters. The summed E-state index contributed by atoms with van der Waals surface area (Å²) in [6.07, 6.45) is -1.78. The van der Waals surface area contributed by atoms with Gasteiger partial charge in [0.25, 0.3) is 6.43 Å². The minimum atomic E-state index is -2.80. The van der Waals surface area contributed by atoms with Crippen molar-refractivity contribution in [1.29, 1.82) is 0 Å². The van der Waals surface area contributed by atoms with Gasteiger partial charge in [-0.15, -0.1) is 0 Å². The van der Waals surface area contributed by atoms with Crippen molar-refractivity contribution in [2.75, 3.05) is 5.32 Å². The normalized spacial score (nSPS) is 11.1. The molecule has 3 rings (SSSR count). The third-order valence-electron chi connectivity index (χ3n) is 4.23. The number of nitrogens with one attached hydrogen (secondary N) is 1. The monoisotopic (exact) mass is 391 g/mol. The summed E-state index contributed by atoms with van der Waals surface area (Å²) >= 11 is 0. The van der Waals surface area contributed by atoms with E-state index in [1.807, 2.05) is 0 Å². The van der Waals surface area contributed by atoms with Gasteiger partial charge in [0.05, 0.1) is 6.42 Å². The van der Waals surface area contributed by atoms with Gasteiger partial charge >= 0.3 is 0 Å². The molecule has 4 nitrogen and oxygen atoms in total. The number of carbonyl (C=O) groups excluding carboxylic acids is 1. The molecule has 0 radical (unpaired) electrons. The van der Waals surface area contributed by atoms with Crippen LogP contribution in [0.5, 0.6) is 0 Å². The van der Waals surface area contributed by atoms with Crippen LogP contribution in [0.2, 0.25) is 0 Å². The third kappa shape index (κ3) is 4.21. The van der Waals surface area contributed by atoms with E-state index in [0.717, 1.165) is 6.07 Å². The second-order valence-electron chi connectivity index (χ2n) is 6.39. The average Bonchev–Trinajstić information content (AvgIpc) is 2.99. The van der Waals surface area contributed by atoms with Crippen molar-refractivity contribution in [3.8, 4) is 11.1 Å². The number of nitrogens with zero attached hydrogens (tertiary/aromatic N) is 2. The summed E-state index contributed by atoms with van der Waals surface area (Å²) in [6.45, 7) is 1.60. The van der Waals surface area contributed by atoms with Crippen molar-refractivity contribution < 1.29 is 22.4 Å². The fourth-order valence-corrected chi connectivity index (χ4v) is 2.87. The quantitative estimate of drug-likeness (QED) is 0.636. The van der Waals surface area contributed by atoms with E-state index >= 15 is 0 Å². The summed E-state index contributed by atoms with van der Waals surface area (Å²) in [6, 6.07) is 8.07. The molecule has 8 heteroatoms. The first kappa shape index (κ1) is 19.6. The topological polar surface area (TPSA) is 46.9 Å². The third-order valence-corrected chi connectivity index (χ3v) is 4.23. The number of carbonyl (C=O) groups is 1. The highest BCUT2D eigenvalue weighted by atomic mass is 19.3. The first-order valence-corrected chi connectivity index (χ1v) is 8.41. The van der Waals surface area contributed by atoms with Gasteiger partial charge in [0.1, 0.15) is 17.3 Å². The Morgan fingerprint density at radius 1 is 1.18 bits per heavy atom. The Hall–Kier alpha value is -3.16. The minimum Gasteiger partial charge on any atom is -0.325 e. The maximum atomic E-state index is 13.9. The largest absolute Gasteiger partial charge is 0.325 e. The number of alkyl halides is 2. The van der Waals surface area contributed by atoms with E-state index in [1.165, 1.54) is 36.1 Å². The van der Waals surface area contributed by atoms with E-state index in [1.54, 1.807) is 19.1 Å². The van der Waals surface area contributed by atoms with Gasteiger partial charge in [-0.3, -0.25) is 9.48 Å². The molecule has 1 heterocycles. The van der Waals surface area contributed by atoms with Crippen LogP contribution in [0.15, 0.2) is 42.6 Å². The standard InChI is InChI=1S/C20H17F4N3O/c1-11-3-4-12(7-16(11)22)15-9-14(21)5-6-17(15)25-18(28)8-13-10-27(2)26-19(13)20(23)24/h3-7,9-10,20H,8H2,1-2H3,(H,25,28). The van der Waals surface area contributed by atoms with Crippen LogP contribution in [-0.2, 0) is 18.3 Å². The SMILES string of the molecule is Cc1ccc(-c2cc(F)ccc2NC(=O)Cc2cn(C)nc2C(F)F)cc1F. The summed E-state index contributed by atoms with van der Waals surface area (Å²) in [5.41, 5.74) is 0.983. The number of halogens is 4. The molecule has 0 saturated heterocycles. The van der Waals surface area contributed by atoms with E-state index in [0.29, 0.717) is 11.1 Å². The minimum absolute atomic E-state index is 0.0973. The number of aromatic nitrogens is 2. The first-order valence-electron chi connectivity index (χ1n) is 8.41. The average molecular weight is 391 g/mol. The molecule has 0 aliphatic rings. The van der Waals surface area contributed by atoms with E-state index in [4.69, 9.17) is 0 Å². The predicted octanol–water partition coefficient (Wildman–Crippen LogP) is 4.79. The van der Waals surface area contributed by atoms with Crippen molar-refractivity contribution in [3.05, 3.63) is 71.1 Å². The maximum absolute atomic E-state index is 13.9. The Labute approximate surface area is 158 Å². The summed E-state index contributed by atoms with van der Waals surface area (Å²) < 4.78 is 54.9. The molecule has 0 bridgehead atoms. The lowest BCUT2D eigenvalue weighted by atomic mass is 10.0. The van der Waals surface area contributed by atoms with Gasteiger partial charge < -0.3 is 5.32 Å². The lowest BCUT2D eigenvalue weighted by Gasteiger charge is -2.12. The van der Waals surface area contributed by atoms with Crippen LogP contribution in [0.1, 0.15) is 23.2 Å². The van der Waals surface area contributed by atoms with Gasteiger partial charge in [-0.2, -0.15) is 5.10 Å². The molecule has 0 spiro atoms. The fraction of sp³-hybridized carbons (Fsp3) is 0.200. The van der Waals surface area contributed by atoms with Gasteiger partial charge in [-0.25, -0.2) is 17.6 Å². The zero-order valence-electron chi connectivity index (χ0n) is 15.1. The van der Waals surface area contributed by atoms with Crippen LogP contribution in [0.3, 0.4) is 0 Å². The Kier molecular flexibility index (Phi) is 5.48. The van der Waals surface area contributed by atoms with E-state index in [2.05, 4.69) is 10.4 Å². The van der Waals surface area contributed by atoms with Crippen LogP contribution < -0.4 is 5.32 Å². The lowest BCUT2D eigenvalue weighted by Crippen LogP contribution is -2.15. The van der Waals surface area contributed by atoms with Crippen molar-refractivity contribution in [1.82, 2.24) is 9.78 Å². The first-order chi connectivity index (χ1) is 13.2. The molecule has 2 aromatic carbocycles. The van der Waals surface area contributed by atoms with Gasteiger partial charge in [-0.05, 0) is 42.3 Å².